The summed E-state index contributed by atoms with van der Waals surface area (Å²) >= 11 is 0. The molecule has 1 amide bonds. The maximum Gasteiger partial charge on any atom is 0.241 e. The SMILES string of the molecule is CCCOCC(C)(C)C(=O)NN. The van der Waals surface area contributed by atoms with Crippen molar-refractivity contribution in [2.45, 2.75) is 27.2 Å². The molecule has 0 aromatic carbocycles. The van der Waals surface area contributed by atoms with Crippen molar-refractivity contribution < 1.29 is 9.53 Å². The van der Waals surface area contributed by atoms with E-state index < -0.39 is 5.41 Å². The first-order valence-electron chi connectivity index (χ1n) is 4.13. The molecule has 0 rings (SSSR count). The highest BCUT2D eigenvalue weighted by Gasteiger charge is 2.26. The van der Waals surface area contributed by atoms with Crippen molar-refractivity contribution in [2.24, 2.45) is 11.3 Å². The molecule has 0 aliphatic rings. The average molecular weight is 174 g/mol. The van der Waals surface area contributed by atoms with Crippen LogP contribution in [0.2, 0.25) is 0 Å². The zero-order valence-electron chi connectivity index (χ0n) is 8.02. The summed E-state index contributed by atoms with van der Waals surface area (Å²) in [7, 11) is 0. The van der Waals surface area contributed by atoms with Gasteiger partial charge in [-0.1, -0.05) is 6.92 Å². The van der Waals surface area contributed by atoms with Crippen LogP contribution < -0.4 is 11.3 Å². The summed E-state index contributed by atoms with van der Waals surface area (Å²) in [5, 5.41) is 0. The average Bonchev–Trinajstić information content (AvgIpc) is 2.03. The Hall–Kier alpha value is -0.610. The number of carbonyl (C=O) groups is 1. The molecule has 0 heterocycles. The van der Waals surface area contributed by atoms with Gasteiger partial charge in [-0.05, 0) is 20.3 Å². The molecule has 4 heteroatoms. The van der Waals surface area contributed by atoms with Crippen molar-refractivity contribution in [3.8, 4) is 0 Å². The standard InChI is InChI=1S/C8H18N2O2/c1-4-5-12-6-8(2,3)7(11)10-9/h4-6,9H2,1-3H3,(H,10,11). The van der Waals surface area contributed by atoms with Crippen molar-refractivity contribution in [2.75, 3.05) is 13.2 Å². The van der Waals surface area contributed by atoms with Crippen molar-refractivity contribution in [3.63, 3.8) is 0 Å². The van der Waals surface area contributed by atoms with Crippen molar-refractivity contribution >= 4 is 5.91 Å². The van der Waals surface area contributed by atoms with Crippen LogP contribution in [0, 0.1) is 5.41 Å². The molecule has 0 aromatic heterocycles. The number of rotatable bonds is 5. The summed E-state index contributed by atoms with van der Waals surface area (Å²) in [5.41, 5.74) is 1.58. The van der Waals surface area contributed by atoms with E-state index in [1.165, 1.54) is 0 Å². The summed E-state index contributed by atoms with van der Waals surface area (Å²) in [5.74, 6) is 4.81. The van der Waals surface area contributed by atoms with Gasteiger partial charge in [0.2, 0.25) is 5.91 Å². The van der Waals surface area contributed by atoms with E-state index in [0.29, 0.717) is 13.2 Å². The Morgan fingerprint density at radius 1 is 1.58 bits per heavy atom. The number of ether oxygens (including phenoxy) is 1. The number of carbonyl (C=O) groups excluding carboxylic acids is 1. The van der Waals surface area contributed by atoms with Crippen LogP contribution in [-0.2, 0) is 9.53 Å². The Balaban J connectivity index is 3.78. The summed E-state index contributed by atoms with van der Waals surface area (Å²) in [6, 6.07) is 0. The third kappa shape index (κ3) is 3.69. The van der Waals surface area contributed by atoms with Gasteiger partial charge < -0.3 is 4.74 Å². The number of hydrogen-bond acceptors (Lipinski definition) is 3. The van der Waals surface area contributed by atoms with E-state index in [2.05, 4.69) is 5.43 Å². The largest absolute Gasteiger partial charge is 0.380 e. The fraction of sp³-hybridized carbons (Fsp3) is 0.875. The number of nitrogens with two attached hydrogens (primary N) is 1. The first-order valence-corrected chi connectivity index (χ1v) is 4.13. The zero-order chi connectivity index (χ0) is 9.61. The molecule has 0 saturated carbocycles. The molecule has 0 spiro atoms. The lowest BCUT2D eigenvalue weighted by atomic mass is 9.94. The normalized spacial score (nSPS) is 11.3. The summed E-state index contributed by atoms with van der Waals surface area (Å²) in [6.45, 7) is 6.71. The van der Waals surface area contributed by atoms with E-state index in [-0.39, 0.29) is 5.91 Å². The Morgan fingerprint density at radius 2 is 2.17 bits per heavy atom. The molecular formula is C8H18N2O2. The third-order valence-corrected chi connectivity index (χ3v) is 1.56. The van der Waals surface area contributed by atoms with Crippen LogP contribution in [0.1, 0.15) is 27.2 Å². The van der Waals surface area contributed by atoms with Crippen LogP contribution in [-0.4, -0.2) is 19.1 Å². The minimum Gasteiger partial charge on any atom is -0.380 e. The molecule has 0 atom stereocenters. The maximum absolute atomic E-state index is 11.1. The third-order valence-electron chi connectivity index (χ3n) is 1.56. The van der Waals surface area contributed by atoms with Gasteiger partial charge in [-0.15, -0.1) is 0 Å². The van der Waals surface area contributed by atoms with Gasteiger partial charge in [-0.2, -0.15) is 0 Å². The molecule has 0 radical (unpaired) electrons. The molecule has 72 valence electrons. The molecule has 3 N–H and O–H groups in total. The summed E-state index contributed by atoms with van der Waals surface area (Å²) < 4.78 is 5.25. The van der Waals surface area contributed by atoms with E-state index >= 15 is 0 Å². The zero-order valence-corrected chi connectivity index (χ0v) is 8.02. The topological polar surface area (TPSA) is 64.3 Å². The van der Waals surface area contributed by atoms with Gasteiger partial charge in [0.15, 0.2) is 0 Å². The van der Waals surface area contributed by atoms with Crippen LogP contribution in [0.15, 0.2) is 0 Å². The van der Waals surface area contributed by atoms with Crippen molar-refractivity contribution in [3.05, 3.63) is 0 Å². The van der Waals surface area contributed by atoms with Crippen LogP contribution in [0.4, 0.5) is 0 Å². The van der Waals surface area contributed by atoms with Crippen LogP contribution in [0.25, 0.3) is 0 Å². The van der Waals surface area contributed by atoms with Gasteiger partial charge in [0.1, 0.15) is 0 Å². The predicted molar refractivity (Wildman–Crippen MR) is 47.2 cm³/mol. The minimum absolute atomic E-state index is 0.196. The van der Waals surface area contributed by atoms with Crippen LogP contribution in [0.3, 0.4) is 0 Å². The van der Waals surface area contributed by atoms with Gasteiger partial charge in [-0.3, -0.25) is 10.2 Å². The maximum atomic E-state index is 11.1. The van der Waals surface area contributed by atoms with E-state index in [0.717, 1.165) is 6.42 Å². The van der Waals surface area contributed by atoms with E-state index in [4.69, 9.17) is 10.6 Å². The fourth-order valence-corrected chi connectivity index (χ4v) is 0.733. The van der Waals surface area contributed by atoms with E-state index in [1.807, 2.05) is 6.92 Å². The molecular weight excluding hydrogens is 156 g/mol. The van der Waals surface area contributed by atoms with E-state index in [9.17, 15) is 4.79 Å². The van der Waals surface area contributed by atoms with Gasteiger partial charge in [-0.25, -0.2) is 5.84 Å². The number of nitrogens with one attached hydrogen (secondary N) is 1. The van der Waals surface area contributed by atoms with Crippen LogP contribution >= 0.6 is 0 Å². The van der Waals surface area contributed by atoms with Crippen LogP contribution in [0.5, 0.6) is 0 Å². The highest BCUT2D eigenvalue weighted by atomic mass is 16.5. The minimum atomic E-state index is -0.538. The Morgan fingerprint density at radius 3 is 2.58 bits per heavy atom. The molecule has 4 nitrogen and oxygen atoms in total. The number of hydrogen-bond donors (Lipinski definition) is 2. The molecule has 0 bridgehead atoms. The molecule has 12 heavy (non-hydrogen) atoms. The molecule has 0 fully saturated rings. The molecule has 0 aliphatic heterocycles. The highest BCUT2D eigenvalue weighted by Crippen LogP contribution is 2.14. The lowest BCUT2D eigenvalue weighted by Crippen LogP contribution is -2.43. The van der Waals surface area contributed by atoms with Gasteiger partial charge in [0.25, 0.3) is 0 Å². The van der Waals surface area contributed by atoms with Crippen molar-refractivity contribution in [1.29, 1.82) is 0 Å². The first kappa shape index (κ1) is 11.4. The lowest BCUT2D eigenvalue weighted by molar-refractivity contribution is -0.132. The first-order chi connectivity index (χ1) is 5.54. The fourth-order valence-electron chi connectivity index (χ4n) is 0.733. The Labute approximate surface area is 73.4 Å². The molecule has 0 aromatic rings. The van der Waals surface area contributed by atoms with Gasteiger partial charge >= 0.3 is 0 Å². The lowest BCUT2D eigenvalue weighted by Gasteiger charge is -2.21. The van der Waals surface area contributed by atoms with Gasteiger partial charge in [0.05, 0.1) is 12.0 Å². The smallest absolute Gasteiger partial charge is 0.241 e. The Bertz CT molecular complexity index is 146. The highest BCUT2D eigenvalue weighted by molar-refractivity contribution is 5.81. The number of hydrazine groups is 1. The number of amides is 1. The predicted octanol–water partition coefficient (Wildman–Crippen LogP) is 0.429. The second-order valence-corrected chi connectivity index (χ2v) is 3.41. The van der Waals surface area contributed by atoms with E-state index in [1.54, 1.807) is 13.8 Å². The Kier molecular flexibility index (Phi) is 4.85. The molecule has 0 saturated heterocycles. The monoisotopic (exact) mass is 174 g/mol. The van der Waals surface area contributed by atoms with Gasteiger partial charge in [0, 0.05) is 6.61 Å². The quantitative estimate of drug-likeness (QED) is 0.275. The summed E-state index contributed by atoms with van der Waals surface area (Å²) in [6.07, 6.45) is 0.959. The second kappa shape index (κ2) is 5.11. The second-order valence-electron chi connectivity index (χ2n) is 3.41. The molecule has 0 unspecified atom stereocenters. The van der Waals surface area contributed by atoms with Crippen molar-refractivity contribution in [1.82, 2.24) is 5.43 Å². The molecule has 0 aliphatic carbocycles. The summed E-state index contributed by atoms with van der Waals surface area (Å²) in [4.78, 5) is 11.1.